The van der Waals surface area contributed by atoms with Crippen molar-refractivity contribution in [3.05, 3.63) is 59.2 Å². The van der Waals surface area contributed by atoms with Crippen LogP contribution in [0.2, 0.25) is 0 Å². The molecule has 0 saturated carbocycles. The molecule has 0 atom stereocenters. The number of benzene rings is 1. The summed E-state index contributed by atoms with van der Waals surface area (Å²) < 4.78 is 1.92. The molecular formula is C22H26N6O2. The molecular weight excluding hydrogens is 380 g/mol. The van der Waals surface area contributed by atoms with Crippen LogP contribution < -0.4 is 4.90 Å². The molecule has 4 rings (SSSR count). The van der Waals surface area contributed by atoms with Crippen LogP contribution in [0, 0.1) is 13.8 Å². The predicted octanol–water partition coefficient (Wildman–Crippen LogP) is 2.42. The number of aryl methyl sites for hydroxylation is 1. The first-order chi connectivity index (χ1) is 14.4. The van der Waals surface area contributed by atoms with Crippen molar-refractivity contribution in [1.82, 2.24) is 24.6 Å². The molecule has 156 valence electrons. The van der Waals surface area contributed by atoms with Crippen LogP contribution in [0.5, 0.6) is 0 Å². The lowest BCUT2D eigenvalue weighted by atomic mass is 10.1. The van der Waals surface area contributed by atoms with E-state index in [9.17, 15) is 9.59 Å². The Morgan fingerprint density at radius 3 is 2.37 bits per heavy atom. The minimum Gasteiger partial charge on any atom is -0.369 e. The molecule has 1 fully saturated rings. The molecule has 1 aromatic carbocycles. The van der Waals surface area contributed by atoms with E-state index in [1.807, 2.05) is 48.7 Å². The third-order valence-electron chi connectivity index (χ3n) is 5.72. The molecule has 3 aromatic rings. The largest absolute Gasteiger partial charge is 0.369 e. The quantitative estimate of drug-likeness (QED) is 0.633. The highest BCUT2D eigenvalue weighted by Gasteiger charge is 2.23. The Hall–Kier alpha value is -3.26. The normalized spacial score (nSPS) is 14.8. The average molecular weight is 406 g/mol. The standard InChI is InChI=1S/C22H26N6O2/c1-15-12-20(16(2)28(15)22-23-14-24-25-22)21(30)13-26-8-10-27(11-9-26)19-6-4-18(5-7-19)17(3)29/h4-7,12,14H,8-11,13H2,1-3H3,(H,23,24,25). The van der Waals surface area contributed by atoms with Gasteiger partial charge in [-0.2, -0.15) is 10.1 Å². The lowest BCUT2D eigenvalue weighted by molar-refractivity contribution is 0.0925. The van der Waals surface area contributed by atoms with Gasteiger partial charge in [0.25, 0.3) is 0 Å². The second-order valence-electron chi connectivity index (χ2n) is 7.72. The average Bonchev–Trinajstić information content (AvgIpc) is 3.36. The maximum absolute atomic E-state index is 13.0. The Morgan fingerprint density at radius 1 is 1.07 bits per heavy atom. The van der Waals surface area contributed by atoms with Crippen molar-refractivity contribution >= 4 is 17.3 Å². The maximum atomic E-state index is 13.0. The summed E-state index contributed by atoms with van der Waals surface area (Å²) in [6.45, 7) is 9.22. The number of Topliss-reactive ketones (excluding diaryl/α,β-unsaturated/α-hetero) is 2. The molecule has 0 radical (unpaired) electrons. The highest BCUT2D eigenvalue weighted by atomic mass is 16.1. The molecule has 0 unspecified atom stereocenters. The molecule has 0 aliphatic carbocycles. The Balaban J connectivity index is 1.38. The van der Waals surface area contributed by atoms with Crippen molar-refractivity contribution < 1.29 is 9.59 Å². The first-order valence-corrected chi connectivity index (χ1v) is 10.1. The van der Waals surface area contributed by atoms with Crippen molar-refractivity contribution in [3.8, 4) is 5.95 Å². The van der Waals surface area contributed by atoms with Crippen LogP contribution in [-0.4, -0.2) is 68.9 Å². The Labute approximate surface area is 175 Å². The van der Waals surface area contributed by atoms with E-state index in [1.54, 1.807) is 6.92 Å². The number of aromatic nitrogens is 4. The number of carbonyl (C=O) groups is 2. The summed E-state index contributed by atoms with van der Waals surface area (Å²) in [5.74, 6) is 0.814. The lowest BCUT2D eigenvalue weighted by Gasteiger charge is -2.35. The van der Waals surface area contributed by atoms with Gasteiger partial charge in [0.15, 0.2) is 11.6 Å². The van der Waals surface area contributed by atoms with Gasteiger partial charge in [-0.25, -0.2) is 5.10 Å². The number of nitrogens with zero attached hydrogens (tertiary/aromatic N) is 5. The number of nitrogens with one attached hydrogen (secondary N) is 1. The van der Waals surface area contributed by atoms with Gasteiger partial charge in [-0.05, 0) is 51.1 Å². The van der Waals surface area contributed by atoms with Crippen molar-refractivity contribution in [2.24, 2.45) is 0 Å². The molecule has 1 N–H and O–H groups in total. The van der Waals surface area contributed by atoms with Gasteiger partial charge in [0, 0.05) is 54.4 Å². The topological polar surface area (TPSA) is 87.1 Å². The molecule has 8 heteroatoms. The van der Waals surface area contributed by atoms with E-state index in [4.69, 9.17) is 0 Å². The summed E-state index contributed by atoms with van der Waals surface area (Å²) >= 11 is 0. The summed E-state index contributed by atoms with van der Waals surface area (Å²) in [5.41, 5.74) is 4.39. The van der Waals surface area contributed by atoms with Gasteiger partial charge >= 0.3 is 0 Å². The first kappa shape index (κ1) is 20.0. The number of aromatic amines is 1. The van der Waals surface area contributed by atoms with Gasteiger partial charge in [0.2, 0.25) is 5.95 Å². The fourth-order valence-corrected chi connectivity index (χ4v) is 4.04. The number of carbonyl (C=O) groups excluding carboxylic acids is 2. The summed E-state index contributed by atoms with van der Waals surface area (Å²) in [6, 6.07) is 9.66. The van der Waals surface area contributed by atoms with Crippen LogP contribution in [0.3, 0.4) is 0 Å². The smallest absolute Gasteiger partial charge is 0.229 e. The zero-order chi connectivity index (χ0) is 21.3. The molecule has 8 nitrogen and oxygen atoms in total. The zero-order valence-corrected chi connectivity index (χ0v) is 17.6. The van der Waals surface area contributed by atoms with Gasteiger partial charge < -0.3 is 4.90 Å². The minimum atomic E-state index is 0.0764. The number of ketones is 2. The van der Waals surface area contributed by atoms with Crippen molar-refractivity contribution in [2.45, 2.75) is 20.8 Å². The molecule has 1 saturated heterocycles. The van der Waals surface area contributed by atoms with E-state index in [-0.39, 0.29) is 11.6 Å². The highest BCUT2D eigenvalue weighted by molar-refractivity contribution is 5.99. The maximum Gasteiger partial charge on any atom is 0.229 e. The van der Waals surface area contributed by atoms with E-state index in [0.29, 0.717) is 12.5 Å². The van der Waals surface area contributed by atoms with E-state index < -0.39 is 0 Å². The lowest BCUT2D eigenvalue weighted by Crippen LogP contribution is -2.48. The Kier molecular flexibility index (Phi) is 5.50. The summed E-state index contributed by atoms with van der Waals surface area (Å²) in [6.07, 6.45) is 1.46. The summed E-state index contributed by atoms with van der Waals surface area (Å²) in [4.78, 5) is 33.1. The third-order valence-corrected chi connectivity index (χ3v) is 5.72. The summed E-state index contributed by atoms with van der Waals surface area (Å²) in [7, 11) is 0. The molecule has 1 aliphatic rings. The zero-order valence-electron chi connectivity index (χ0n) is 17.6. The number of rotatable bonds is 6. The highest BCUT2D eigenvalue weighted by Crippen LogP contribution is 2.21. The van der Waals surface area contributed by atoms with E-state index in [2.05, 4.69) is 25.0 Å². The first-order valence-electron chi connectivity index (χ1n) is 10.1. The van der Waals surface area contributed by atoms with Crippen LogP contribution in [0.4, 0.5) is 5.69 Å². The number of H-pyrrole nitrogens is 1. The van der Waals surface area contributed by atoms with Gasteiger partial charge in [0.05, 0.1) is 6.54 Å². The summed E-state index contributed by atoms with van der Waals surface area (Å²) in [5, 5.41) is 6.76. The van der Waals surface area contributed by atoms with Crippen LogP contribution in [0.15, 0.2) is 36.7 Å². The number of piperazine rings is 1. The second-order valence-corrected chi connectivity index (χ2v) is 7.72. The molecule has 0 amide bonds. The molecule has 3 heterocycles. The molecule has 30 heavy (non-hydrogen) atoms. The number of hydrogen-bond donors (Lipinski definition) is 1. The van der Waals surface area contributed by atoms with E-state index in [1.165, 1.54) is 6.33 Å². The third kappa shape index (κ3) is 3.91. The van der Waals surface area contributed by atoms with Gasteiger partial charge in [-0.3, -0.25) is 19.1 Å². The van der Waals surface area contributed by atoms with Crippen LogP contribution in [0.25, 0.3) is 5.95 Å². The number of anilines is 1. The Morgan fingerprint density at radius 2 is 1.77 bits per heavy atom. The molecule has 1 aliphatic heterocycles. The van der Waals surface area contributed by atoms with Crippen LogP contribution >= 0.6 is 0 Å². The Bertz CT molecular complexity index is 1040. The number of hydrogen-bond acceptors (Lipinski definition) is 6. The SMILES string of the molecule is CC(=O)c1ccc(N2CCN(CC(=O)c3cc(C)n(-c4ncn[nH]4)c3C)CC2)cc1. The fraction of sp³-hybridized carbons (Fsp3) is 0.364. The molecule has 0 spiro atoms. The minimum absolute atomic E-state index is 0.0764. The van der Waals surface area contributed by atoms with Crippen molar-refractivity contribution in [2.75, 3.05) is 37.6 Å². The van der Waals surface area contributed by atoms with Crippen molar-refractivity contribution in [1.29, 1.82) is 0 Å². The van der Waals surface area contributed by atoms with E-state index >= 15 is 0 Å². The van der Waals surface area contributed by atoms with Gasteiger partial charge in [-0.15, -0.1) is 0 Å². The van der Waals surface area contributed by atoms with Crippen LogP contribution in [-0.2, 0) is 0 Å². The molecule has 0 bridgehead atoms. The fourth-order valence-electron chi connectivity index (χ4n) is 4.04. The van der Waals surface area contributed by atoms with Crippen molar-refractivity contribution in [3.63, 3.8) is 0 Å². The van der Waals surface area contributed by atoms with Gasteiger partial charge in [-0.1, -0.05) is 0 Å². The predicted molar refractivity (Wildman–Crippen MR) is 115 cm³/mol. The van der Waals surface area contributed by atoms with Gasteiger partial charge in [0.1, 0.15) is 6.33 Å². The molecule has 2 aromatic heterocycles. The second kappa shape index (κ2) is 8.23. The monoisotopic (exact) mass is 406 g/mol. The van der Waals surface area contributed by atoms with E-state index in [0.717, 1.165) is 54.4 Å². The van der Waals surface area contributed by atoms with Crippen LogP contribution in [0.1, 0.15) is 39.0 Å².